The number of hydrogen-bond donors (Lipinski definition) is 0. The third-order valence-corrected chi connectivity index (χ3v) is 7.45. The lowest BCUT2D eigenvalue weighted by Crippen LogP contribution is -2.05. The van der Waals surface area contributed by atoms with Gasteiger partial charge >= 0.3 is 0 Å². The van der Waals surface area contributed by atoms with Crippen LogP contribution in [0.2, 0.25) is 0 Å². The molecule has 3 aromatic carbocycles. The Morgan fingerprint density at radius 2 is 1.26 bits per heavy atom. The second-order valence-electron chi connectivity index (χ2n) is 6.14. The summed E-state index contributed by atoms with van der Waals surface area (Å²) < 4.78 is 0. The summed E-state index contributed by atoms with van der Waals surface area (Å²) in [6, 6.07) is 30.4. The van der Waals surface area contributed by atoms with Crippen LogP contribution in [0.1, 0.15) is 6.42 Å². The SMILES string of the molecule is C1=CCC=CC([S+](c2ccccc2)c2ccc(Sc3ccccc3)cc2)=C1. The molecule has 0 N–H and O–H groups in total. The first-order valence-electron chi connectivity index (χ1n) is 9.06. The fraction of sp³-hybridized carbons (Fsp3) is 0.0400. The van der Waals surface area contributed by atoms with Gasteiger partial charge in [0.05, 0.1) is 10.9 Å². The Hall–Kier alpha value is -2.42. The lowest BCUT2D eigenvalue weighted by Gasteiger charge is -2.09. The summed E-state index contributed by atoms with van der Waals surface area (Å²) in [5.41, 5.74) is 0. The predicted molar refractivity (Wildman–Crippen MR) is 118 cm³/mol. The Morgan fingerprint density at radius 3 is 2.00 bits per heavy atom. The van der Waals surface area contributed by atoms with E-state index in [-0.39, 0.29) is 10.9 Å². The molecule has 2 heteroatoms. The molecule has 0 spiro atoms. The molecule has 0 heterocycles. The maximum Gasteiger partial charge on any atom is 0.166 e. The van der Waals surface area contributed by atoms with Gasteiger partial charge in [0.1, 0.15) is 0 Å². The van der Waals surface area contributed by atoms with Gasteiger partial charge in [0.15, 0.2) is 14.7 Å². The molecular formula is C25H21S2+. The van der Waals surface area contributed by atoms with Crippen molar-refractivity contribution in [1.29, 1.82) is 0 Å². The van der Waals surface area contributed by atoms with Gasteiger partial charge in [-0.1, -0.05) is 66.4 Å². The summed E-state index contributed by atoms with van der Waals surface area (Å²) in [7, 11) is -0.0897. The van der Waals surface area contributed by atoms with Crippen LogP contribution in [0.3, 0.4) is 0 Å². The minimum absolute atomic E-state index is 0.0897. The molecule has 0 nitrogen and oxygen atoms in total. The number of rotatable bonds is 5. The average molecular weight is 386 g/mol. The fourth-order valence-corrected chi connectivity index (χ4v) is 5.87. The third kappa shape index (κ3) is 4.65. The van der Waals surface area contributed by atoms with Gasteiger partial charge in [-0.05, 0) is 67.1 Å². The second-order valence-corrected chi connectivity index (χ2v) is 9.31. The second kappa shape index (κ2) is 8.98. The fourth-order valence-electron chi connectivity index (χ4n) is 2.93. The first-order chi connectivity index (χ1) is 13.4. The normalized spacial score (nSPS) is 14.4. The van der Waals surface area contributed by atoms with Crippen molar-refractivity contribution in [3.63, 3.8) is 0 Å². The van der Waals surface area contributed by atoms with E-state index in [1.54, 1.807) is 11.8 Å². The molecule has 1 aliphatic carbocycles. The van der Waals surface area contributed by atoms with Crippen molar-refractivity contribution in [2.45, 2.75) is 26.0 Å². The van der Waals surface area contributed by atoms with Gasteiger partial charge in [0, 0.05) is 9.79 Å². The highest BCUT2D eigenvalue weighted by molar-refractivity contribution is 8.01. The maximum absolute atomic E-state index is 2.28. The molecule has 0 radical (unpaired) electrons. The first kappa shape index (κ1) is 18.0. The van der Waals surface area contributed by atoms with Crippen LogP contribution in [0.4, 0.5) is 0 Å². The number of benzene rings is 3. The van der Waals surface area contributed by atoms with Gasteiger partial charge in [-0.2, -0.15) is 0 Å². The molecule has 0 bridgehead atoms. The molecule has 0 amide bonds. The van der Waals surface area contributed by atoms with Crippen LogP contribution in [0, 0.1) is 0 Å². The molecule has 0 aromatic heterocycles. The van der Waals surface area contributed by atoms with Gasteiger partial charge in [0.2, 0.25) is 0 Å². The van der Waals surface area contributed by atoms with Crippen LogP contribution in [-0.4, -0.2) is 0 Å². The van der Waals surface area contributed by atoms with E-state index in [2.05, 4.69) is 115 Å². The zero-order chi connectivity index (χ0) is 18.3. The summed E-state index contributed by atoms with van der Waals surface area (Å²) in [5.74, 6) is 0. The molecule has 4 rings (SSSR count). The molecule has 1 atom stereocenters. The topological polar surface area (TPSA) is 0 Å². The quantitative estimate of drug-likeness (QED) is 0.416. The predicted octanol–water partition coefficient (Wildman–Crippen LogP) is 7.27. The lowest BCUT2D eigenvalue weighted by molar-refractivity contribution is 1.31. The van der Waals surface area contributed by atoms with E-state index in [4.69, 9.17) is 0 Å². The molecule has 27 heavy (non-hydrogen) atoms. The summed E-state index contributed by atoms with van der Waals surface area (Å²) in [5, 5.41) is 0. The number of hydrogen-bond acceptors (Lipinski definition) is 1. The van der Waals surface area contributed by atoms with Gasteiger partial charge in [-0.25, -0.2) is 0 Å². The average Bonchev–Trinajstić information content (AvgIpc) is 3.01. The smallest absolute Gasteiger partial charge is 0.0901 e. The monoisotopic (exact) mass is 385 g/mol. The molecular weight excluding hydrogens is 364 g/mol. The van der Waals surface area contributed by atoms with E-state index < -0.39 is 0 Å². The van der Waals surface area contributed by atoms with Crippen molar-refractivity contribution in [3.8, 4) is 0 Å². The summed E-state index contributed by atoms with van der Waals surface area (Å²) in [6.07, 6.45) is 12.2. The summed E-state index contributed by atoms with van der Waals surface area (Å²) in [4.78, 5) is 6.61. The van der Waals surface area contributed by atoms with Gasteiger partial charge in [-0.3, -0.25) is 0 Å². The van der Waals surface area contributed by atoms with E-state index in [0.29, 0.717) is 0 Å². The van der Waals surface area contributed by atoms with E-state index in [9.17, 15) is 0 Å². The van der Waals surface area contributed by atoms with Crippen LogP contribution in [0.5, 0.6) is 0 Å². The minimum atomic E-state index is -0.0897. The van der Waals surface area contributed by atoms with Crippen LogP contribution >= 0.6 is 11.8 Å². The molecule has 1 unspecified atom stereocenters. The molecule has 1 aliphatic rings. The van der Waals surface area contributed by atoms with E-state index in [1.165, 1.54) is 24.5 Å². The Bertz CT molecular complexity index is 952. The van der Waals surface area contributed by atoms with Gasteiger partial charge < -0.3 is 0 Å². The van der Waals surface area contributed by atoms with E-state index in [1.807, 2.05) is 0 Å². The van der Waals surface area contributed by atoms with Crippen molar-refractivity contribution >= 4 is 22.7 Å². The van der Waals surface area contributed by atoms with Crippen molar-refractivity contribution < 1.29 is 0 Å². The van der Waals surface area contributed by atoms with Crippen LogP contribution in [0.25, 0.3) is 0 Å². The van der Waals surface area contributed by atoms with Crippen molar-refractivity contribution in [1.82, 2.24) is 0 Å². The van der Waals surface area contributed by atoms with E-state index >= 15 is 0 Å². The largest absolute Gasteiger partial charge is 0.166 e. The van der Waals surface area contributed by atoms with Gasteiger partial charge in [-0.15, -0.1) is 0 Å². The summed E-state index contributed by atoms with van der Waals surface area (Å²) >= 11 is 1.81. The van der Waals surface area contributed by atoms with E-state index in [0.717, 1.165) is 6.42 Å². The molecule has 0 aliphatic heterocycles. The highest BCUT2D eigenvalue weighted by Gasteiger charge is 2.29. The third-order valence-electron chi connectivity index (χ3n) is 4.20. The highest BCUT2D eigenvalue weighted by Crippen LogP contribution is 2.34. The summed E-state index contributed by atoms with van der Waals surface area (Å²) in [6.45, 7) is 0. The zero-order valence-corrected chi connectivity index (χ0v) is 16.6. The molecule has 3 aromatic rings. The molecule has 0 saturated heterocycles. The van der Waals surface area contributed by atoms with Crippen molar-refractivity contribution in [2.75, 3.05) is 0 Å². The van der Waals surface area contributed by atoms with Crippen LogP contribution in [0.15, 0.2) is 140 Å². The highest BCUT2D eigenvalue weighted by atomic mass is 32.2. The van der Waals surface area contributed by atoms with Crippen molar-refractivity contribution in [2.24, 2.45) is 0 Å². The molecule has 0 fully saturated rings. The van der Waals surface area contributed by atoms with Crippen LogP contribution in [-0.2, 0) is 10.9 Å². The Balaban J connectivity index is 1.66. The Morgan fingerprint density at radius 1 is 0.630 bits per heavy atom. The first-order valence-corrected chi connectivity index (χ1v) is 11.1. The lowest BCUT2D eigenvalue weighted by atomic mass is 10.4. The van der Waals surface area contributed by atoms with Gasteiger partial charge in [0.25, 0.3) is 0 Å². The molecule has 0 saturated carbocycles. The molecule has 132 valence electrons. The maximum atomic E-state index is 2.28. The van der Waals surface area contributed by atoms with Crippen LogP contribution < -0.4 is 0 Å². The number of allylic oxidation sites excluding steroid dienone is 5. The Kier molecular flexibility index (Phi) is 5.98. The standard InChI is InChI=1S/C25H21S2/c1-2-8-14-23(13-7-1)27(24-15-9-4-10-16-24)25-19-17-22(18-20-25)26-21-11-5-3-6-12-21/h1,3-20H,2H2/q+1. The zero-order valence-electron chi connectivity index (χ0n) is 15.0. The Labute approximate surface area is 168 Å². The van der Waals surface area contributed by atoms with Crippen molar-refractivity contribution in [3.05, 3.63) is 120 Å². The minimum Gasteiger partial charge on any atom is -0.0901 e.